The predicted octanol–water partition coefficient (Wildman–Crippen LogP) is 2.15. The Hall–Kier alpha value is -0.860. The molecule has 88 valence electrons. The Morgan fingerprint density at radius 1 is 1.13 bits per heavy atom. The predicted molar refractivity (Wildman–Crippen MR) is 61.5 cm³/mol. The number of ketones is 1. The summed E-state index contributed by atoms with van der Waals surface area (Å²) in [5, 5.41) is 2.81. The lowest BCUT2D eigenvalue weighted by Crippen LogP contribution is -2.37. The van der Waals surface area contributed by atoms with Crippen LogP contribution in [0.5, 0.6) is 0 Å². The van der Waals surface area contributed by atoms with Gasteiger partial charge in [-0.15, -0.1) is 0 Å². The van der Waals surface area contributed by atoms with E-state index in [1.165, 1.54) is 0 Å². The van der Waals surface area contributed by atoms with E-state index in [-0.39, 0.29) is 23.5 Å². The maximum Gasteiger partial charge on any atom is 0.223 e. The lowest BCUT2D eigenvalue weighted by Gasteiger charge is -2.22. The molecule has 0 saturated heterocycles. The first-order chi connectivity index (χ1) is 7.08. The molecule has 0 saturated carbocycles. The van der Waals surface area contributed by atoms with E-state index >= 15 is 0 Å². The Kier molecular flexibility index (Phi) is 7.01. The highest BCUT2D eigenvalue weighted by molar-refractivity contribution is 5.87. The average molecular weight is 213 g/mol. The molecule has 0 heterocycles. The highest BCUT2D eigenvalue weighted by Gasteiger charge is 2.28. The van der Waals surface area contributed by atoms with Crippen LogP contribution in [0.2, 0.25) is 0 Å². The second-order valence-electron chi connectivity index (χ2n) is 3.92. The van der Waals surface area contributed by atoms with Gasteiger partial charge in [-0.2, -0.15) is 0 Å². The molecule has 0 radical (unpaired) electrons. The Balaban J connectivity index is 4.60. The van der Waals surface area contributed by atoms with Gasteiger partial charge in [0.05, 0.1) is 0 Å². The standard InChI is InChI=1S/C12H23NO2/c1-5-8-11(12(15)13-7-3)10(6-2)9(4)14/h10-11H,5-8H2,1-4H3,(H,13,15). The van der Waals surface area contributed by atoms with Gasteiger partial charge >= 0.3 is 0 Å². The van der Waals surface area contributed by atoms with E-state index < -0.39 is 0 Å². The second kappa shape index (κ2) is 7.43. The Labute approximate surface area is 92.6 Å². The number of carbonyl (C=O) groups excluding carboxylic acids is 2. The van der Waals surface area contributed by atoms with Crippen LogP contribution in [-0.2, 0) is 9.59 Å². The third-order valence-corrected chi connectivity index (χ3v) is 2.74. The lowest BCUT2D eigenvalue weighted by molar-refractivity contribution is -0.133. The first-order valence-electron chi connectivity index (χ1n) is 5.86. The molecule has 3 heteroatoms. The van der Waals surface area contributed by atoms with E-state index in [2.05, 4.69) is 5.32 Å². The summed E-state index contributed by atoms with van der Waals surface area (Å²) in [6.45, 7) is 8.12. The van der Waals surface area contributed by atoms with Gasteiger partial charge in [-0.05, 0) is 26.7 Å². The maximum absolute atomic E-state index is 11.8. The number of Topliss-reactive ketones (excluding diaryl/α,β-unsaturated/α-hetero) is 1. The Morgan fingerprint density at radius 3 is 2.07 bits per heavy atom. The summed E-state index contributed by atoms with van der Waals surface area (Å²) in [7, 11) is 0. The third kappa shape index (κ3) is 4.45. The van der Waals surface area contributed by atoms with Gasteiger partial charge in [0.15, 0.2) is 0 Å². The van der Waals surface area contributed by atoms with Crippen LogP contribution in [0.25, 0.3) is 0 Å². The molecule has 0 aromatic heterocycles. The molecular weight excluding hydrogens is 190 g/mol. The minimum atomic E-state index is -0.141. The van der Waals surface area contributed by atoms with Crippen LogP contribution in [0.3, 0.4) is 0 Å². The normalized spacial score (nSPS) is 14.4. The molecule has 0 bridgehead atoms. The van der Waals surface area contributed by atoms with Crippen molar-refractivity contribution >= 4 is 11.7 Å². The fourth-order valence-corrected chi connectivity index (χ4v) is 1.99. The largest absolute Gasteiger partial charge is 0.356 e. The molecule has 2 atom stereocenters. The number of hydrogen-bond donors (Lipinski definition) is 1. The molecule has 2 unspecified atom stereocenters. The van der Waals surface area contributed by atoms with Crippen molar-refractivity contribution in [2.24, 2.45) is 11.8 Å². The van der Waals surface area contributed by atoms with Crippen molar-refractivity contribution in [2.75, 3.05) is 6.54 Å². The molecule has 0 rings (SSSR count). The highest BCUT2D eigenvalue weighted by atomic mass is 16.2. The average Bonchev–Trinajstić information content (AvgIpc) is 2.17. The van der Waals surface area contributed by atoms with Gasteiger partial charge < -0.3 is 5.32 Å². The highest BCUT2D eigenvalue weighted by Crippen LogP contribution is 2.22. The molecule has 15 heavy (non-hydrogen) atoms. The zero-order valence-electron chi connectivity index (χ0n) is 10.3. The Morgan fingerprint density at radius 2 is 1.73 bits per heavy atom. The van der Waals surface area contributed by atoms with E-state index in [0.717, 1.165) is 19.3 Å². The quantitative estimate of drug-likeness (QED) is 0.704. The molecule has 0 spiro atoms. The van der Waals surface area contributed by atoms with E-state index in [1.807, 2.05) is 20.8 Å². The van der Waals surface area contributed by atoms with Gasteiger partial charge in [0.1, 0.15) is 5.78 Å². The van der Waals surface area contributed by atoms with Crippen molar-refractivity contribution in [1.82, 2.24) is 5.32 Å². The van der Waals surface area contributed by atoms with Crippen LogP contribution in [0.4, 0.5) is 0 Å². The van der Waals surface area contributed by atoms with Gasteiger partial charge in [-0.3, -0.25) is 9.59 Å². The summed E-state index contributed by atoms with van der Waals surface area (Å²) in [5.41, 5.74) is 0. The van der Waals surface area contributed by atoms with E-state index in [0.29, 0.717) is 6.54 Å². The van der Waals surface area contributed by atoms with Gasteiger partial charge in [0, 0.05) is 18.4 Å². The van der Waals surface area contributed by atoms with E-state index in [9.17, 15) is 9.59 Å². The number of nitrogens with one attached hydrogen (secondary N) is 1. The number of hydrogen-bond acceptors (Lipinski definition) is 2. The molecule has 0 aliphatic rings. The van der Waals surface area contributed by atoms with Gasteiger partial charge in [0.25, 0.3) is 0 Å². The number of rotatable bonds is 7. The van der Waals surface area contributed by atoms with Gasteiger partial charge in [-0.25, -0.2) is 0 Å². The molecule has 0 aliphatic carbocycles. The lowest BCUT2D eigenvalue weighted by atomic mass is 9.83. The first kappa shape index (κ1) is 14.1. The van der Waals surface area contributed by atoms with Crippen LogP contribution in [0.15, 0.2) is 0 Å². The SMILES string of the molecule is CCCC(C(=O)NCC)C(CC)C(C)=O. The third-order valence-electron chi connectivity index (χ3n) is 2.74. The van der Waals surface area contributed by atoms with Crippen molar-refractivity contribution in [3.8, 4) is 0 Å². The molecule has 0 aromatic rings. The first-order valence-corrected chi connectivity index (χ1v) is 5.86. The fourth-order valence-electron chi connectivity index (χ4n) is 1.99. The summed E-state index contributed by atoms with van der Waals surface area (Å²) < 4.78 is 0. The summed E-state index contributed by atoms with van der Waals surface area (Å²) in [6, 6.07) is 0. The summed E-state index contributed by atoms with van der Waals surface area (Å²) in [6.07, 6.45) is 2.48. The van der Waals surface area contributed by atoms with Crippen molar-refractivity contribution in [3.63, 3.8) is 0 Å². The van der Waals surface area contributed by atoms with Crippen molar-refractivity contribution in [2.45, 2.75) is 47.0 Å². The van der Waals surface area contributed by atoms with E-state index in [4.69, 9.17) is 0 Å². The summed E-state index contributed by atoms with van der Waals surface area (Å²) in [4.78, 5) is 23.2. The number of carbonyl (C=O) groups is 2. The molecule has 1 N–H and O–H groups in total. The molecule has 0 aromatic carbocycles. The molecule has 0 aliphatic heterocycles. The van der Waals surface area contributed by atoms with Gasteiger partial charge in [0.2, 0.25) is 5.91 Å². The zero-order valence-corrected chi connectivity index (χ0v) is 10.3. The topological polar surface area (TPSA) is 46.2 Å². The van der Waals surface area contributed by atoms with Crippen molar-refractivity contribution in [3.05, 3.63) is 0 Å². The van der Waals surface area contributed by atoms with Crippen molar-refractivity contribution < 1.29 is 9.59 Å². The van der Waals surface area contributed by atoms with Crippen LogP contribution in [0, 0.1) is 11.8 Å². The van der Waals surface area contributed by atoms with Crippen LogP contribution in [0.1, 0.15) is 47.0 Å². The van der Waals surface area contributed by atoms with E-state index in [1.54, 1.807) is 6.92 Å². The zero-order chi connectivity index (χ0) is 11.8. The fraction of sp³-hybridized carbons (Fsp3) is 0.833. The van der Waals surface area contributed by atoms with Gasteiger partial charge in [-0.1, -0.05) is 20.3 Å². The van der Waals surface area contributed by atoms with Crippen LogP contribution in [-0.4, -0.2) is 18.2 Å². The second-order valence-corrected chi connectivity index (χ2v) is 3.92. The molecule has 1 amide bonds. The summed E-state index contributed by atoms with van der Waals surface area (Å²) >= 11 is 0. The van der Waals surface area contributed by atoms with Crippen LogP contribution >= 0.6 is 0 Å². The summed E-state index contributed by atoms with van der Waals surface area (Å²) in [5.74, 6) is -0.0995. The maximum atomic E-state index is 11.8. The van der Waals surface area contributed by atoms with Crippen molar-refractivity contribution in [1.29, 1.82) is 0 Å². The van der Waals surface area contributed by atoms with Crippen LogP contribution < -0.4 is 5.32 Å². The monoisotopic (exact) mass is 213 g/mol. The molecule has 3 nitrogen and oxygen atoms in total. The molecular formula is C12H23NO2. The minimum Gasteiger partial charge on any atom is -0.356 e. The minimum absolute atomic E-state index is 0.0291. The molecule has 0 fully saturated rings. The Bertz CT molecular complexity index is 214. The smallest absolute Gasteiger partial charge is 0.223 e. The number of amides is 1.